The summed E-state index contributed by atoms with van der Waals surface area (Å²) in [6.07, 6.45) is 4.02. The van der Waals surface area contributed by atoms with Gasteiger partial charge < -0.3 is 50.2 Å². The fraction of sp³-hybridized carbons (Fsp3) is 0.270. The Hall–Kier alpha value is -13.0. The molecule has 23 heteroatoms. The normalized spacial score (nSPS) is 11.5. The van der Waals surface area contributed by atoms with Gasteiger partial charge in [-0.2, -0.15) is 0 Å². The highest BCUT2D eigenvalue weighted by molar-refractivity contribution is 6.35. The van der Waals surface area contributed by atoms with E-state index < -0.39 is 17.8 Å². The first-order chi connectivity index (χ1) is 65.0. The Balaban J connectivity index is 0.000000185. The summed E-state index contributed by atoms with van der Waals surface area (Å²) in [6, 6.07) is 89.6. The van der Waals surface area contributed by atoms with Crippen molar-refractivity contribution in [1.29, 1.82) is 0 Å². The predicted molar refractivity (Wildman–Crippen MR) is 542 cm³/mol. The first kappa shape index (κ1) is 103. The third-order valence-electron chi connectivity index (χ3n) is 22.9. The molecule has 0 spiro atoms. The lowest BCUT2D eigenvalue weighted by Gasteiger charge is -2.18. The highest BCUT2D eigenvalue weighted by atomic mass is 35.5. The van der Waals surface area contributed by atoms with Gasteiger partial charge in [-0.1, -0.05) is 289 Å². The molecule has 0 aromatic heterocycles. The van der Waals surface area contributed by atoms with Crippen LogP contribution in [0, 0.1) is 0 Å². The van der Waals surface area contributed by atoms with Gasteiger partial charge in [0.2, 0.25) is 23.6 Å². The second-order valence-electron chi connectivity index (χ2n) is 32.0. The van der Waals surface area contributed by atoms with Crippen LogP contribution in [0.3, 0.4) is 0 Å². The molecule has 1 aliphatic rings. The molecule has 1 saturated heterocycles. The summed E-state index contributed by atoms with van der Waals surface area (Å²) in [5.74, 6) is -2.01. The van der Waals surface area contributed by atoms with Crippen molar-refractivity contribution in [3.05, 3.63) is 345 Å². The highest BCUT2D eigenvalue weighted by Crippen LogP contribution is 2.32. The van der Waals surface area contributed by atoms with Crippen LogP contribution in [0.4, 0.5) is 22.7 Å². The number of hydrogen-bond acceptors (Lipinski definition) is 16. The molecule has 0 bridgehead atoms. The molecule has 20 nitrogen and oxygen atoms in total. The van der Waals surface area contributed by atoms with Gasteiger partial charge in [0.15, 0.2) is 23.1 Å². The number of methoxy groups -OCH3 is 1. The van der Waals surface area contributed by atoms with Crippen molar-refractivity contribution in [3.8, 4) is 56.0 Å². The Kier molecular flexibility index (Phi) is 42.2. The van der Waals surface area contributed by atoms with Gasteiger partial charge in [-0.05, 0) is 219 Å². The number of rotatable bonds is 42. The maximum Gasteiger partial charge on any atom is 0.341 e. The van der Waals surface area contributed by atoms with Gasteiger partial charge in [-0.25, -0.2) is 4.79 Å². The number of nitrogens with zero attached hydrogens (tertiary/aromatic N) is 4. The number of benzene rings is 12. The topological polar surface area (TPSA) is 242 Å². The Bertz CT molecular complexity index is 5800. The number of carbonyl (C=O) groups is 9. The summed E-state index contributed by atoms with van der Waals surface area (Å²) < 4.78 is 16.5. The van der Waals surface area contributed by atoms with Crippen LogP contribution < -0.4 is 30.7 Å². The molecule has 1 aliphatic heterocycles. The van der Waals surface area contributed by atoms with Gasteiger partial charge >= 0.3 is 5.97 Å². The quantitative estimate of drug-likeness (QED) is 0.0120. The van der Waals surface area contributed by atoms with Crippen molar-refractivity contribution in [3.63, 3.8) is 0 Å². The van der Waals surface area contributed by atoms with E-state index in [4.69, 9.17) is 49.0 Å². The molecule has 1 heterocycles. The van der Waals surface area contributed by atoms with E-state index in [0.717, 1.165) is 159 Å². The summed E-state index contributed by atoms with van der Waals surface area (Å²) in [7, 11) is 1.29. The second kappa shape index (κ2) is 54.8. The maximum atomic E-state index is 12.7. The third-order valence-corrected chi connectivity index (χ3v) is 23.9. The van der Waals surface area contributed by atoms with E-state index in [-0.39, 0.29) is 66.2 Å². The molecular formula is C111H119Cl3N8O12. The summed E-state index contributed by atoms with van der Waals surface area (Å²) in [4.78, 5) is 122. The molecule has 4 N–H and O–H groups in total. The molecule has 12 aromatic carbocycles. The van der Waals surface area contributed by atoms with Crippen LogP contribution in [0.25, 0.3) is 44.5 Å². The van der Waals surface area contributed by atoms with Crippen molar-refractivity contribution in [1.82, 2.24) is 19.6 Å². The molecule has 134 heavy (non-hydrogen) atoms. The van der Waals surface area contributed by atoms with Gasteiger partial charge in [0.05, 0.1) is 44.4 Å². The zero-order chi connectivity index (χ0) is 95.5. The molecule has 0 atom stereocenters. The first-order valence-electron chi connectivity index (χ1n) is 45.7. The minimum atomic E-state index is -0.558. The van der Waals surface area contributed by atoms with Gasteiger partial charge in [-0.3, -0.25) is 43.3 Å². The van der Waals surface area contributed by atoms with Gasteiger partial charge in [-0.15, -0.1) is 0 Å². The number of halogens is 3. The number of esters is 1. The maximum absolute atomic E-state index is 12.7. The number of likely N-dealkylation sites (tertiary alicyclic amines) is 1. The number of carbonyl (C=O) groups excluding carboxylic acids is 9. The second-order valence-corrected chi connectivity index (χ2v) is 33.2. The number of ketones is 4. The van der Waals surface area contributed by atoms with Crippen molar-refractivity contribution < 1.29 is 57.4 Å². The number of likely N-dealkylation sites (N-methyl/N-ethyl adjacent to an activating group) is 2. The minimum absolute atomic E-state index is 0.200. The molecular weight excluding hydrogens is 1740 g/mol. The predicted octanol–water partition coefficient (Wildman–Crippen LogP) is 23.4. The standard InChI is InChI=1S/C29H30N2O5.C28H32N2O3.C27H28Cl2N2O2.C27H29ClN2O2/c1-35-29(34)25-19-24(13-14-27(25)36-18-17-31-15-5-6-16-31)30-28(33)20-26(32)23-11-9-22(10-12-23)21-7-3-2-4-8-21;1-3-30(4-2)19-8-20-33-26-17-15-25(16-18-26)29-28(32)21-27(31)24-13-11-23(12-14-24)22-9-6-5-7-10-22;1-3-31(4-2)15-14-20-10-12-22(17-24(20)28)30-27(33)18-26(32)23-13-11-21(16-25(23)29)19-8-6-5-7-9-19;1-3-30(4-2)17-16-22-14-15-24(18-25(22)28)29-27(32)19-26(31)23-12-10-21(11-13-23)20-8-6-5-7-9-20/h2-4,7-14,19H,5-6,15-18,20H2,1H3,(H,30,33);5-7,9-18H,3-4,8,19-21H2,1-2H3,(H,29,32);5-13,16-17H,3-4,14-15,18H2,1-2H3,(H,30,33);5-15,18H,3-4,16-17,19H2,1-2H3,(H,29,32). The zero-order valence-corrected chi connectivity index (χ0v) is 79.6. The highest BCUT2D eigenvalue weighted by Gasteiger charge is 2.23. The molecule has 0 unspecified atom stereocenters. The zero-order valence-electron chi connectivity index (χ0n) is 77.3. The lowest BCUT2D eigenvalue weighted by molar-refractivity contribution is -0.116. The summed E-state index contributed by atoms with van der Waals surface area (Å²) >= 11 is 19.2. The van der Waals surface area contributed by atoms with Crippen LogP contribution in [-0.4, -0.2) is 171 Å². The number of hydrogen-bond donors (Lipinski definition) is 4. The third kappa shape index (κ3) is 33.3. The first-order valence-corrected chi connectivity index (χ1v) is 46.8. The molecule has 1 fully saturated rings. The van der Waals surface area contributed by atoms with Crippen molar-refractivity contribution in [2.45, 2.75) is 99.3 Å². The Morgan fingerprint density at radius 1 is 0.328 bits per heavy atom. The van der Waals surface area contributed by atoms with E-state index in [2.05, 4.69) is 82.4 Å². The van der Waals surface area contributed by atoms with E-state index in [0.29, 0.717) is 79.0 Å². The van der Waals surface area contributed by atoms with Crippen LogP contribution >= 0.6 is 34.8 Å². The van der Waals surface area contributed by atoms with Crippen LogP contribution in [0.5, 0.6) is 11.5 Å². The molecule has 12 aromatic rings. The van der Waals surface area contributed by atoms with Gasteiger partial charge in [0.25, 0.3) is 0 Å². The monoisotopic (exact) mass is 1860 g/mol. The molecule has 696 valence electrons. The number of nitrogens with one attached hydrogen (secondary N) is 4. The van der Waals surface area contributed by atoms with Gasteiger partial charge in [0.1, 0.15) is 23.7 Å². The molecule has 0 aliphatic carbocycles. The summed E-state index contributed by atoms with van der Waals surface area (Å²) in [5.41, 5.74) is 14.5. The lowest BCUT2D eigenvalue weighted by Crippen LogP contribution is -2.25. The van der Waals surface area contributed by atoms with Crippen LogP contribution in [0.15, 0.2) is 291 Å². The summed E-state index contributed by atoms with van der Waals surface area (Å²) in [6.45, 7) is 25.9. The molecule has 0 radical (unpaired) electrons. The van der Waals surface area contributed by atoms with Crippen molar-refractivity contribution >= 4 is 110 Å². The smallest absolute Gasteiger partial charge is 0.341 e. The number of Topliss-reactive ketones (excluding diaryl/α,β-unsaturated/α-hetero) is 4. The Labute approximate surface area is 802 Å². The van der Waals surface area contributed by atoms with E-state index in [9.17, 15) is 43.2 Å². The number of amides is 4. The largest absolute Gasteiger partial charge is 0.494 e. The molecule has 4 amide bonds. The molecule has 0 saturated carbocycles. The number of ether oxygens (including phenoxy) is 3. The van der Waals surface area contributed by atoms with E-state index >= 15 is 0 Å². The van der Waals surface area contributed by atoms with Crippen molar-refractivity contribution in [2.75, 3.05) is 120 Å². The average Bonchev–Trinajstić information content (AvgIpc) is 0.964. The lowest BCUT2D eigenvalue weighted by atomic mass is 10.0. The van der Waals surface area contributed by atoms with Crippen LogP contribution in [0.1, 0.15) is 149 Å². The van der Waals surface area contributed by atoms with E-state index in [1.807, 2.05) is 200 Å². The minimum Gasteiger partial charge on any atom is -0.494 e. The SMILES string of the molecule is CCN(CC)CCCOc1ccc(NC(=O)CC(=O)c2ccc(-c3ccccc3)cc2)cc1.CCN(CC)CCc1ccc(NC(=O)CC(=O)c2ccc(-c3ccccc3)cc2)cc1Cl.CCN(CC)CCc1ccc(NC(=O)CC(=O)c2ccc(-c3ccccc3)cc2Cl)cc1Cl.COC(=O)c1cc(NC(=O)CC(=O)c2ccc(-c3ccccc3)cc2)ccc1OCCN1CCCC1. The van der Waals surface area contributed by atoms with Crippen molar-refractivity contribution in [2.24, 2.45) is 0 Å². The average molecular weight is 1860 g/mol. The Morgan fingerprint density at radius 3 is 1.05 bits per heavy atom. The number of anilines is 4. The van der Waals surface area contributed by atoms with E-state index in [1.54, 1.807) is 84.9 Å². The van der Waals surface area contributed by atoms with Crippen LogP contribution in [0.2, 0.25) is 15.1 Å². The fourth-order valence-electron chi connectivity index (χ4n) is 15.0. The van der Waals surface area contributed by atoms with Gasteiger partial charge in [0, 0.05) is 81.2 Å². The van der Waals surface area contributed by atoms with Crippen LogP contribution in [-0.2, 0) is 36.8 Å². The summed E-state index contributed by atoms with van der Waals surface area (Å²) in [5, 5.41) is 12.6. The fourth-order valence-corrected chi connectivity index (χ4v) is 15.9. The molecule has 13 rings (SSSR count). The van der Waals surface area contributed by atoms with E-state index in [1.165, 1.54) is 26.0 Å². The Morgan fingerprint density at radius 2 is 0.672 bits per heavy atom.